The number of hydrogen-bond donors (Lipinski definition) is 1. The molecular weight excluding hydrogens is 350 g/mol. The van der Waals surface area contributed by atoms with Crippen LogP contribution in [0.5, 0.6) is 23.0 Å². The number of H-pyrrole nitrogens is 1. The third-order valence-electron chi connectivity index (χ3n) is 4.76. The number of carbonyl (C=O) groups excluding carboxylic acids is 2. The average Bonchev–Trinajstić information content (AvgIpc) is 3.09. The highest BCUT2D eigenvalue weighted by atomic mass is 16.5. The molecule has 138 valence electrons. The average molecular weight is 367 g/mol. The summed E-state index contributed by atoms with van der Waals surface area (Å²) in [6, 6.07) is 6.64. The minimum atomic E-state index is -0.311. The van der Waals surface area contributed by atoms with E-state index in [0.717, 1.165) is 0 Å². The molecule has 3 aromatic rings. The standard InChI is InChI=1S/C20H17NO6/c1-24-11-7-5-6-9-13(11)18(23)15-14-10(21-16(15)17(9)22)8-12(25-2)19(26-3)20(14)27-4/h5-8,21H,1-4H3. The van der Waals surface area contributed by atoms with Crippen LogP contribution in [0.4, 0.5) is 0 Å². The lowest BCUT2D eigenvalue weighted by molar-refractivity contribution is 0.0975. The zero-order chi connectivity index (χ0) is 19.3. The smallest absolute Gasteiger partial charge is 0.210 e. The van der Waals surface area contributed by atoms with E-state index in [2.05, 4.69) is 4.98 Å². The normalized spacial score (nSPS) is 12.6. The highest BCUT2D eigenvalue weighted by Gasteiger charge is 2.37. The second-order valence-electron chi connectivity index (χ2n) is 5.98. The summed E-state index contributed by atoms with van der Waals surface area (Å²) >= 11 is 0. The molecule has 0 amide bonds. The summed E-state index contributed by atoms with van der Waals surface area (Å²) in [5.74, 6) is 0.855. The van der Waals surface area contributed by atoms with Crippen LogP contribution in [0.25, 0.3) is 10.9 Å². The maximum Gasteiger partial charge on any atom is 0.210 e. The number of fused-ring (bicyclic) bond motifs is 4. The van der Waals surface area contributed by atoms with Crippen LogP contribution in [-0.2, 0) is 0 Å². The van der Waals surface area contributed by atoms with Crippen LogP contribution < -0.4 is 18.9 Å². The molecule has 0 fully saturated rings. The predicted molar refractivity (Wildman–Crippen MR) is 97.8 cm³/mol. The van der Waals surface area contributed by atoms with Crippen molar-refractivity contribution in [3.8, 4) is 23.0 Å². The van der Waals surface area contributed by atoms with Gasteiger partial charge < -0.3 is 23.9 Å². The molecule has 27 heavy (non-hydrogen) atoms. The SMILES string of the molecule is COc1cc2[nH]c3c(c2c(OC)c1OC)C(=O)c1c(OC)cccc1C3=O. The van der Waals surface area contributed by atoms with E-state index in [1.54, 1.807) is 24.3 Å². The lowest BCUT2D eigenvalue weighted by Crippen LogP contribution is -2.21. The van der Waals surface area contributed by atoms with E-state index >= 15 is 0 Å². The van der Waals surface area contributed by atoms with E-state index in [1.807, 2.05) is 0 Å². The van der Waals surface area contributed by atoms with E-state index in [1.165, 1.54) is 28.4 Å². The van der Waals surface area contributed by atoms with Crippen LogP contribution in [0.2, 0.25) is 0 Å². The lowest BCUT2D eigenvalue weighted by atomic mass is 9.86. The number of aromatic nitrogens is 1. The maximum absolute atomic E-state index is 13.4. The van der Waals surface area contributed by atoms with Crippen LogP contribution in [-0.4, -0.2) is 45.0 Å². The quantitative estimate of drug-likeness (QED) is 0.597. The van der Waals surface area contributed by atoms with Gasteiger partial charge in [-0.05, 0) is 12.1 Å². The van der Waals surface area contributed by atoms with Gasteiger partial charge in [0.25, 0.3) is 0 Å². The van der Waals surface area contributed by atoms with Gasteiger partial charge in [-0.3, -0.25) is 9.59 Å². The molecule has 0 bridgehead atoms. The van der Waals surface area contributed by atoms with Crippen molar-refractivity contribution in [1.82, 2.24) is 4.98 Å². The van der Waals surface area contributed by atoms with Crippen LogP contribution in [0.15, 0.2) is 24.3 Å². The molecule has 1 aromatic heterocycles. The highest BCUT2D eigenvalue weighted by Crippen LogP contribution is 2.47. The van der Waals surface area contributed by atoms with E-state index in [-0.39, 0.29) is 28.4 Å². The Morgan fingerprint density at radius 3 is 2.11 bits per heavy atom. The Balaban J connectivity index is 2.12. The summed E-state index contributed by atoms with van der Waals surface area (Å²) in [5, 5.41) is 0.472. The van der Waals surface area contributed by atoms with Crippen LogP contribution >= 0.6 is 0 Å². The number of carbonyl (C=O) groups is 2. The Labute approximate surface area is 154 Å². The third-order valence-corrected chi connectivity index (χ3v) is 4.76. The monoisotopic (exact) mass is 367 g/mol. The molecular formula is C20H17NO6. The Bertz CT molecular complexity index is 1110. The summed E-state index contributed by atoms with van der Waals surface area (Å²) in [6.45, 7) is 0. The van der Waals surface area contributed by atoms with Gasteiger partial charge in [-0.25, -0.2) is 0 Å². The minimum absolute atomic E-state index is 0.212. The lowest BCUT2D eigenvalue weighted by Gasteiger charge is -2.18. The maximum atomic E-state index is 13.4. The number of benzene rings is 2. The summed E-state index contributed by atoms with van der Waals surface area (Å²) in [4.78, 5) is 29.5. The molecule has 1 aliphatic carbocycles. The molecule has 0 saturated carbocycles. The first-order valence-electron chi connectivity index (χ1n) is 8.18. The molecule has 1 aliphatic rings. The van der Waals surface area contributed by atoms with Gasteiger partial charge in [0.15, 0.2) is 11.5 Å². The van der Waals surface area contributed by atoms with Gasteiger partial charge in [0.2, 0.25) is 17.3 Å². The zero-order valence-electron chi connectivity index (χ0n) is 15.3. The molecule has 0 saturated heterocycles. The minimum Gasteiger partial charge on any atom is -0.496 e. The van der Waals surface area contributed by atoms with Crippen molar-refractivity contribution < 1.29 is 28.5 Å². The molecule has 4 rings (SSSR count). The molecule has 2 aromatic carbocycles. The Morgan fingerprint density at radius 2 is 1.48 bits per heavy atom. The van der Waals surface area contributed by atoms with Crippen LogP contribution in [0, 0.1) is 0 Å². The topological polar surface area (TPSA) is 86.8 Å². The number of hydrogen-bond acceptors (Lipinski definition) is 6. The molecule has 0 unspecified atom stereocenters. The van der Waals surface area contributed by atoms with E-state index in [9.17, 15) is 9.59 Å². The second-order valence-corrected chi connectivity index (χ2v) is 5.98. The fourth-order valence-electron chi connectivity index (χ4n) is 3.61. The predicted octanol–water partition coefficient (Wildman–Crippen LogP) is 2.98. The van der Waals surface area contributed by atoms with Gasteiger partial charge in [0, 0.05) is 11.6 Å². The third kappa shape index (κ3) is 2.14. The summed E-state index contributed by atoms with van der Waals surface area (Å²) in [5.41, 5.74) is 1.55. The number of ketones is 2. The Hall–Kier alpha value is -3.48. The van der Waals surface area contributed by atoms with Crippen molar-refractivity contribution in [3.63, 3.8) is 0 Å². The van der Waals surface area contributed by atoms with Gasteiger partial charge in [-0.15, -0.1) is 0 Å². The van der Waals surface area contributed by atoms with Crippen molar-refractivity contribution in [1.29, 1.82) is 0 Å². The van der Waals surface area contributed by atoms with E-state index in [0.29, 0.717) is 39.5 Å². The van der Waals surface area contributed by atoms with Crippen LogP contribution in [0.3, 0.4) is 0 Å². The summed E-state index contributed by atoms with van der Waals surface area (Å²) in [7, 11) is 5.92. The summed E-state index contributed by atoms with van der Waals surface area (Å²) in [6.07, 6.45) is 0. The molecule has 0 aliphatic heterocycles. The van der Waals surface area contributed by atoms with Crippen molar-refractivity contribution in [2.75, 3.05) is 28.4 Å². The largest absolute Gasteiger partial charge is 0.496 e. The molecule has 1 N–H and O–H groups in total. The first-order chi connectivity index (χ1) is 13.1. The first-order valence-corrected chi connectivity index (χ1v) is 8.18. The molecule has 0 spiro atoms. The molecule has 0 radical (unpaired) electrons. The molecule has 7 heteroatoms. The van der Waals surface area contributed by atoms with Gasteiger partial charge in [-0.1, -0.05) is 6.07 Å². The van der Waals surface area contributed by atoms with Gasteiger partial charge in [-0.2, -0.15) is 0 Å². The Kier molecular flexibility index (Phi) is 3.80. The van der Waals surface area contributed by atoms with E-state index < -0.39 is 0 Å². The number of aromatic amines is 1. The molecule has 0 atom stereocenters. The fourth-order valence-corrected chi connectivity index (χ4v) is 3.61. The van der Waals surface area contributed by atoms with Gasteiger partial charge >= 0.3 is 0 Å². The second kappa shape index (κ2) is 6.05. The van der Waals surface area contributed by atoms with Gasteiger partial charge in [0.1, 0.15) is 5.75 Å². The number of rotatable bonds is 4. The number of ether oxygens (including phenoxy) is 4. The fraction of sp³-hybridized carbons (Fsp3) is 0.200. The van der Waals surface area contributed by atoms with Crippen molar-refractivity contribution in [2.24, 2.45) is 0 Å². The highest BCUT2D eigenvalue weighted by molar-refractivity contribution is 6.33. The van der Waals surface area contributed by atoms with Crippen molar-refractivity contribution in [2.45, 2.75) is 0 Å². The molecule has 1 heterocycles. The zero-order valence-corrected chi connectivity index (χ0v) is 15.3. The van der Waals surface area contributed by atoms with Crippen molar-refractivity contribution in [3.05, 3.63) is 46.6 Å². The van der Waals surface area contributed by atoms with Gasteiger partial charge in [0.05, 0.1) is 56.2 Å². The first kappa shape index (κ1) is 17.0. The van der Waals surface area contributed by atoms with Crippen molar-refractivity contribution >= 4 is 22.5 Å². The van der Waals surface area contributed by atoms with E-state index in [4.69, 9.17) is 18.9 Å². The number of nitrogens with one attached hydrogen (secondary N) is 1. The number of methoxy groups -OCH3 is 4. The summed E-state index contributed by atoms with van der Waals surface area (Å²) < 4.78 is 21.6. The Morgan fingerprint density at radius 1 is 0.778 bits per heavy atom. The molecule has 7 nitrogen and oxygen atoms in total. The van der Waals surface area contributed by atoms with Crippen LogP contribution in [0.1, 0.15) is 32.0 Å².